The largest absolute Gasteiger partial charge is 0.480 e. The Bertz CT molecular complexity index is 235. The first-order chi connectivity index (χ1) is 7.50. The average molecular weight is 247 g/mol. The number of ether oxygens (including phenoxy) is 1. The number of morpholine rings is 1. The van der Waals surface area contributed by atoms with E-state index in [9.17, 15) is 4.79 Å². The molecule has 5 heteroatoms. The van der Waals surface area contributed by atoms with Crippen molar-refractivity contribution in [2.45, 2.75) is 38.2 Å². The first kappa shape index (κ1) is 13.8. The summed E-state index contributed by atoms with van der Waals surface area (Å²) in [6, 6.07) is 0.535. The van der Waals surface area contributed by atoms with Crippen molar-refractivity contribution < 1.29 is 14.6 Å². The molecule has 0 bridgehead atoms. The van der Waals surface area contributed by atoms with Crippen molar-refractivity contribution in [3.63, 3.8) is 0 Å². The lowest BCUT2D eigenvalue weighted by Gasteiger charge is -2.35. The second-order valence-corrected chi connectivity index (χ2v) is 5.77. The van der Waals surface area contributed by atoms with Crippen LogP contribution in [-0.2, 0) is 9.53 Å². The van der Waals surface area contributed by atoms with Gasteiger partial charge in [0.1, 0.15) is 0 Å². The van der Waals surface area contributed by atoms with E-state index >= 15 is 0 Å². The average Bonchev–Trinajstić information content (AvgIpc) is 2.26. The Balaban J connectivity index is 2.29. The van der Waals surface area contributed by atoms with Crippen LogP contribution in [0.2, 0.25) is 0 Å². The number of carboxylic acid groups (broad SMARTS) is 1. The van der Waals surface area contributed by atoms with Crippen molar-refractivity contribution in [3.05, 3.63) is 0 Å². The third kappa shape index (κ3) is 4.31. The minimum atomic E-state index is -0.749. The van der Waals surface area contributed by atoms with E-state index in [2.05, 4.69) is 18.7 Å². The molecule has 0 spiro atoms. The third-order valence-electron chi connectivity index (χ3n) is 2.78. The molecule has 0 aromatic rings. The van der Waals surface area contributed by atoms with E-state index < -0.39 is 5.97 Å². The summed E-state index contributed by atoms with van der Waals surface area (Å²) in [5.74, 6) is 0.0120. The number of nitrogens with zero attached hydrogens (tertiary/aromatic N) is 1. The summed E-state index contributed by atoms with van der Waals surface area (Å²) in [5.41, 5.74) is 0. The molecule has 0 radical (unpaired) electrons. The minimum Gasteiger partial charge on any atom is -0.480 e. The molecule has 1 fully saturated rings. The van der Waals surface area contributed by atoms with Crippen LogP contribution in [-0.4, -0.2) is 58.8 Å². The van der Waals surface area contributed by atoms with E-state index in [-0.39, 0.29) is 11.4 Å². The van der Waals surface area contributed by atoms with Gasteiger partial charge in [-0.1, -0.05) is 0 Å². The van der Waals surface area contributed by atoms with Crippen LogP contribution in [0.5, 0.6) is 0 Å². The summed E-state index contributed by atoms with van der Waals surface area (Å²) >= 11 is 1.45. The fourth-order valence-electron chi connectivity index (χ4n) is 1.63. The van der Waals surface area contributed by atoms with Crippen molar-refractivity contribution in [2.75, 3.05) is 25.4 Å². The molecule has 2 atom stereocenters. The van der Waals surface area contributed by atoms with E-state index in [1.54, 1.807) is 6.92 Å². The zero-order valence-electron chi connectivity index (χ0n) is 10.2. The molecule has 1 aliphatic rings. The Morgan fingerprint density at radius 3 is 2.81 bits per heavy atom. The number of hydrogen-bond acceptors (Lipinski definition) is 4. The van der Waals surface area contributed by atoms with Crippen molar-refractivity contribution in [1.29, 1.82) is 0 Å². The zero-order chi connectivity index (χ0) is 12.1. The lowest BCUT2D eigenvalue weighted by Crippen LogP contribution is -2.46. The van der Waals surface area contributed by atoms with Gasteiger partial charge in [0, 0.05) is 24.9 Å². The predicted octanol–water partition coefficient (Wildman–Crippen LogP) is 1.30. The topological polar surface area (TPSA) is 49.8 Å². The van der Waals surface area contributed by atoms with E-state index in [0.717, 1.165) is 25.4 Å². The van der Waals surface area contributed by atoms with E-state index in [1.807, 2.05) is 0 Å². The molecule has 1 aliphatic heterocycles. The summed E-state index contributed by atoms with van der Waals surface area (Å²) in [7, 11) is 0. The van der Waals surface area contributed by atoms with E-state index in [0.29, 0.717) is 6.04 Å². The number of thioether (sulfide) groups is 1. The molecule has 94 valence electrons. The molecule has 16 heavy (non-hydrogen) atoms. The van der Waals surface area contributed by atoms with Crippen LogP contribution < -0.4 is 0 Å². The Hall–Kier alpha value is -0.260. The van der Waals surface area contributed by atoms with Crippen molar-refractivity contribution >= 4 is 17.7 Å². The van der Waals surface area contributed by atoms with Crippen LogP contribution in [0.15, 0.2) is 0 Å². The summed E-state index contributed by atoms with van der Waals surface area (Å²) in [6.45, 7) is 8.72. The third-order valence-corrected chi connectivity index (χ3v) is 4.05. The number of hydrogen-bond donors (Lipinski definition) is 1. The highest BCUT2D eigenvalue weighted by atomic mass is 32.2. The van der Waals surface area contributed by atoms with Gasteiger partial charge in [-0.2, -0.15) is 0 Å². The number of rotatable bonds is 5. The summed E-state index contributed by atoms with van der Waals surface area (Å²) in [6.07, 6.45) is 0.169. The van der Waals surface area contributed by atoms with Gasteiger partial charge in [-0.05, 0) is 20.8 Å². The highest BCUT2D eigenvalue weighted by molar-refractivity contribution is 8.00. The zero-order valence-corrected chi connectivity index (χ0v) is 11.0. The summed E-state index contributed by atoms with van der Waals surface area (Å²) in [4.78, 5) is 13.0. The van der Waals surface area contributed by atoms with Crippen LogP contribution in [0.4, 0.5) is 0 Å². The molecule has 2 unspecified atom stereocenters. The lowest BCUT2D eigenvalue weighted by atomic mass is 10.2. The molecular weight excluding hydrogens is 226 g/mol. The Morgan fingerprint density at radius 1 is 1.56 bits per heavy atom. The highest BCUT2D eigenvalue weighted by Crippen LogP contribution is 2.17. The van der Waals surface area contributed by atoms with E-state index in [1.165, 1.54) is 11.8 Å². The van der Waals surface area contributed by atoms with Gasteiger partial charge in [-0.3, -0.25) is 9.69 Å². The van der Waals surface area contributed by atoms with Crippen molar-refractivity contribution in [1.82, 2.24) is 4.90 Å². The number of carbonyl (C=O) groups is 1. The molecule has 0 saturated carbocycles. The van der Waals surface area contributed by atoms with Crippen molar-refractivity contribution in [3.8, 4) is 0 Å². The fourth-order valence-corrected chi connectivity index (χ4v) is 2.48. The maximum atomic E-state index is 10.7. The van der Waals surface area contributed by atoms with Crippen LogP contribution >= 0.6 is 11.8 Å². The number of carboxylic acids is 1. The molecule has 0 aromatic heterocycles. The maximum absolute atomic E-state index is 10.7. The summed E-state index contributed by atoms with van der Waals surface area (Å²) < 4.78 is 5.63. The number of aliphatic carboxylic acids is 1. The molecule has 0 aromatic carbocycles. The van der Waals surface area contributed by atoms with Gasteiger partial charge in [-0.15, -0.1) is 11.8 Å². The van der Waals surface area contributed by atoms with E-state index in [4.69, 9.17) is 9.84 Å². The van der Waals surface area contributed by atoms with Gasteiger partial charge in [0.05, 0.1) is 18.0 Å². The molecular formula is C11H21NO3S. The Morgan fingerprint density at radius 2 is 2.25 bits per heavy atom. The predicted molar refractivity (Wildman–Crippen MR) is 66.0 cm³/mol. The van der Waals surface area contributed by atoms with Crippen LogP contribution in [0, 0.1) is 0 Å². The Kier molecular flexibility index (Phi) is 5.58. The molecule has 0 amide bonds. The molecule has 1 heterocycles. The molecule has 1 rings (SSSR count). The minimum absolute atomic E-state index is 0.169. The lowest BCUT2D eigenvalue weighted by molar-refractivity contribution is -0.136. The first-order valence-electron chi connectivity index (χ1n) is 5.70. The van der Waals surface area contributed by atoms with Crippen molar-refractivity contribution in [2.24, 2.45) is 0 Å². The van der Waals surface area contributed by atoms with Crippen LogP contribution in [0.3, 0.4) is 0 Å². The monoisotopic (exact) mass is 247 g/mol. The molecule has 4 nitrogen and oxygen atoms in total. The van der Waals surface area contributed by atoms with Gasteiger partial charge in [0.15, 0.2) is 0 Å². The SMILES string of the molecule is CC(SCC1CN(C(C)C)CCO1)C(=O)O. The van der Waals surface area contributed by atoms with Gasteiger partial charge >= 0.3 is 5.97 Å². The second-order valence-electron chi connectivity index (χ2n) is 4.40. The second kappa shape index (κ2) is 6.47. The molecule has 0 aliphatic carbocycles. The summed E-state index contributed by atoms with van der Waals surface area (Å²) in [5, 5.41) is 8.43. The van der Waals surface area contributed by atoms with Crippen LogP contribution in [0.1, 0.15) is 20.8 Å². The Labute approximate surface area is 101 Å². The van der Waals surface area contributed by atoms with Gasteiger partial charge < -0.3 is 9.84 Å². The first-order valence-corrected chi connectivity index (χ1v) is 6.75. The smallest absolute Gasteiger partial charge is 0.316 e. The highest BCUT2D eigenvalue weighted by Gasteiger charge is 2.23. The quantitative estimate of drug-likeness (QED) is 0.793. The van der Waals surface area contributed by atoms with Gasteiger partial charge in [-0.25, -0.2) is 0 Å². The fraction of sp³-hybridized carbons (Fsp3) is 0.909. The van der Waals surface area contributed by atoms with Crippen LogP contribution in [0.25, 0.3) is 0 Å². The standard InChI is InChI=1S/C11H21NO3S/c1-8(2)12-4-5-15-10(6-12)7-16-9(3)11(13)14/h8-10H,4-7H2,1-3H3,(H,13,14). The maximum Gasteiger partial charge on any atom is 0.316 e. The molecule has 1 N–H and O–H groups in total. The molecule has 1 saturated heterocycles. The van der Waals surface area contributed by atoms with Gasteiger partial charge in [0.2, 0.25) is 0 Å². The normalized spacial score (nSPS) is 24.6. The van der Waals surface area contributed by atoms with Gasteiger partial charge in [0.25, 0.3) is 0 Å².